The van der Waals surface area contributed by atoms with Crippen LogP contribution in [0.1, 0.15) is 5.56 Å². The molecule has 0 bridgehead atoms. The molecular weight excluding hydrogens is 458 g/mol. The number of nitrogens with zero attached hydrogens (tertiary/aromatic N) is 4. The number of benzene rings is 2. The lowest BCUT2D eigenvalue weighted by Crippen LogP contribution is -2.16. The van der Waals surface area contributed by atoms with E-state index < -0.39 is 14.0 Å². The molecule has 2 aromatic heterocycles. The van der Waals surface area contributed by atoms with Gasteiger partial charge in [-0.2, -0.15) is 5.10 Å². The highest BCUT2D eigenvalue weighted by Gasteiger charge is 2.11. The maximum atomic E-state index is 11.6. The van der Waals surface area contributed by atoms with E-state index in [9.17, 15) is 4.79 Å². The third-order valence-electron chi connectivity index (χ3n) is 4.95. The van der Waals surface area contributed by atoms with Crippen molar-refractivity contribution in [2.24, 2.45) is 7.05 Å². The van der Waals surface area contributed by atoms with Crippen LogP contribution in [0.2, 0.25) is 19.6 Å². The molecule has 2 aromatic carbocycles. The second-order valence-corrected chi connectivity index (χ2v) is 13.9. The summed E-state index contributed by atoms with van der Waals surface area (Å²) in [5.74, 6) is 3.76. The molecular formula is C26H27N5O3Si. The van der Waals surface area contributed by atoms with E-state index in [0.717, 1.165) is 27.6 Å². The lowest BCUT2D eigenvalue weighted by Gasteiger charge is -2.11. The number of ether oxygens (including phenoxy) is 2. The first kappa shape index (κ1) is 24.0. The van der Waals surface area contributed by atoms with Gasteiger partial charge in [0.1, 0.15) is 13.8 Å². The number of methoxy groups -OCH3 is 1. The first-order chi connectivity index (χ1) is 16.7. The lowest BCUT2D eigenvalue weighted by atomic mass is 10.1. The molecule has 8 nitrogen and oxygen atoms in total. The fourth-order valence-corrected chi connectivity index (χ4v) is 3.77. The maximum absolute atomic E-state index is 11.6. The maximum Gasteiger partial charge on any atom is 0.343 e. The molecule has 178 valence electrons. The smallest absolute Gasteiger partial charge is 0.343 e. The number of hydrogen-bond donors (Lipinski definition) is 1. The number of nitrogens with one attached hydrogen (secondary N) is 1. The molecule has 0 fully saturated rings. The Balaban J connectivity index is 1.62. The van der Waals surface area contributed by atoms with Crippen molar-refractivity contribution in [1.29, 1.82) is 0 Å². The average Bonchev–Trinajstić information content (AvgIpc) is 3.27. The number of carbonyl (C=O) groups is 1. The zero-order valence-electron chi connectivity index (χ0n) is 20.4. The predicted octanol–water partition coefficient (Wildman–Crippen LogP) is 4.55. The Morgan fingerprint density at radius 3 is 2.66 bits per heavy atom. The van der Waals surface area contributed by atoms with Gasteiger partial charge in [-0.15, -0.1) is 5.54 Å². The molecule has 9 heteroatoms. The Labute approximate surface area is 205 Å². The predicted molar refractivity (Wildman–Crippen MR) is 139 cm³/mol. The van der Waals surface area contributed by atoms with Crippen LogP contribution in [0, 0.1) is 11.5 Å². The van der Waals surface area contributed by atoms with Crippen LogP contribution in [-0.2, 0) is 16.6 Å². The molecule has 4 aromatic rings. The van der Waals surface area contributed by atoms with Crippen molar-refractivity contribution in [2.75, 3.05) is 19.0 Å². The second kappa shape index (κ2) is 9.99. The Kier molecular flexibility index (Phi) is 6.84. The number of fused-ring (bicyclic) bond motifs is 1. The van der Waals surface area contributed by atoms with Crippen LogP contribution in [0.15, 0.2) is 55.0 Å². The van der Waals surface area contributed by atoms with E-state index >= 15 is 0 Å². The SMILES string of the molecule is COC(=O)COc1cc(Nc2ncc3cc(C#C[Si](C)(C)C)ccc3n2)cc(-c2cnn(C)c2)c1. The van der Waals surface area contributed by atoms with Gasteiger partial charge in [0.25, 0.3) is 0 Å². The van der Waals surface area contributed by atoms with E-state index in [0.29, 0.717) is 17.4 Å². The summed E-state index contributed by atoms with van der Waals surface area (Å²) in [5.41, 5.74) is 7.64. The van der Waals surface area contributed by atoms with Gasteiger partial charge in [-0.25, -0.2) is 14.8 Å². The Morgan fingerprint density at radius 2 is 1.94 bits per heavy atom. The Hall–Kier alpha value is -4.16. The standard InChI is InChI=1S/C26H27N5O3Si/c1-31-16-21(15-28-31)19-11-22(13-23(12-19)34-17-25(32)33-2)29-26-27-14-20-10-18(6-7-24(20)30-26)8-9-35(3,4)5/h6-7,10-16H,17H2,1-5H3,(H,27,29,30). The van der Waals surface area contributed by atoms with Crippen molar-refractivity contribution < 1.29 is 14.3 Å². The van der Waals surface area contributed by atoms with Crippen molar-refractivity contribution in [3.8, 4) is 28.3 Å². The van der Waals surface area contributed by atoms with Crippen LogP contribution in [0.5, 0.6) is 5.75 Å². The summed E-state index contributed by atoms with van der Waals surface area (Å²) in [6.45, 7) is 6.47. The van der Waals surface area contributed by atoms with Crippen molar-refractivity contribution in [3.63, 3.8) is 0 Å². The molecule has 0 spiro atoms. The highest BCUT2D eigenvalue weighted by atomic mass is 28.3. The molecule has 0 radical (unpaired) electrons. The molecule has 0 amide bonds. The molecule has 0 saturated carbocycles. The van der Waals surface area contributed by atoms with Gasteiger partial charge in [0, 0.05) is 47.7 Å². The third-order valence-corrected chi connectivity index (χ3v) is 5.82. The van der Waals surface area contributed by atoms with Crippen LogP contribution < -0.4 is 10.1 Å². The summed E-state index contributed by atoms with van der Waals surface area (Å²) in [6, 6.07) is 11.5. The van der Waals surface area contributed by atoms with Crippen molar-refractivity contribution in [2.45, 2.75) is 19.6 Å². The quantitative estimate of drug-likeness (QED) is 0.243. The minimum atomic E-state index is -1.45. The minimum absolute atomic E-state index is 0.193. The average molecular weight is 486 g/mol. The number of rotatable bonds is 6. The summed E-state index contributed by atoms with van der Waals surface area (Å²) in [7, 11) is 1.72. The van der Waals surface area contributed by atoms with Gasteiger partial charge in [-0.1, -0.05) is 25.6 Å². The van der Waals surface area contributed by atoms with Crippen LogP contribution in [-0.4, -0.2) is 47.5 Å². The molecule has 0 saturated heterocycles. The molecule has 0 aliphatic heterocycles. The van der Waals surface area contributed by atoms with E-state index in [2.05, 4.69) is 56.2 Å². The summed E-state index contributed by atoms with van der Waals surface area (Å²) >= 11 is 0. The van der Waals surface area contributed by atoms with E-state index in [1.807, 2.05) is 43.6 Å². The number of carbonyl (C=O) groups excluding carboxylic acids is 1. The molecule has 0 unspecified atom stereocenters. The summed E-state index contributed by atoms with van der Waals surface area (Å²) in [5, 5.41) is 8.41. The topological polar surface area (TPSA) is 91.2 Å². The van der Waals surface area contributed by atoms with E-state index in [1.165, 1.54) is 7.11 Å². The minimum Gasteiger partial charge on any atom is -0.482 e. The number of aromatic nitrogens is 4. The molecule has 2 heterocycles. The van der Waals surface area contributed by atoms with Gasteiger partial charge in [0.05, 0.1) is 18.8 Å². The summed E-state index contributed by atoms with van der Waals surface area (Å²) in [4.78, 5) is 20.7. The zero-order chi connectivity index (χ0) is 25.0. The number of hydrogen-bond acceptors (Lipinski definition) is 7. The molecule has 0 aliphatic carbocycles. The van der Waals surface area contributed by atoms with E-state index in [1.54, 1.807) is 23.1 Å². The normalized spacial score (nSPS) is 11.0. The Morgan fingerprint density at radius 1 is 1.11 bits per heavy atom. The summed E-state index contributed by atoms with van der Waals surface area (Å²) < 4.78 is 12.0. The summed E-state index contributed by atoms with van der Waals surface area (Å²) in [6.07, 6.45) is 5.45. The highest BCUT2D eigenvalue weighted by Crippen LogP contribution is 2.30. The van der Waals surface area contributed by atoms with Gasteiger partial charge in [-0.05, 0) is 35.9 Å². The Bertz CT molecular complexity index is 1450. The van der Waals surface area contributed by atoms with Crippen molar-refractivity contribution >= 4 is 36.6 Å². The van der Waals surface area contributed by atoms with Gasteiger partial charge >= 0.3 is 5.97 Å². The third kappa shape index (κ3) is 6.46. The molecule has 0 atom stereocenters. The second-order valence-electron chi connectivity index (χ2n) is 9.11. The van der Waals surface area contributed by atoms with Gasteiger partial charge < -0.3 is 14.8 Å². The first-order valence-corrected chi connectivity index (χ1v) is 14.6. The molecule has 4 rings (SSSR count). The number of anilines is 2. The van der Waals surface area contributed by atoms with Gasteiger partial charge in [0.2, 0.25) is 5.95 Å². The van der Waals surface area contributed by atoms with Gasteiger partial charge in [0.15, 0.2) is 6.61 Å². The lowest BCUT2D eigenvalue weighted by molar-refractivity contribution is -0.142. The fraction of sp³-hybridized carbons (Fsp3) is 0.231. The highest BCUT2D eigenvalue weighted by molar-refractivity contribution is 6.83. The van der Waals surface area contributed by atoms with Gasteiger partial charge in [-0.3, -0.25) is 4.68 Å². The molecule has 0 aliphatic rings. The largest absolute Gasteiger partial charge is 0.482 e. The number of esters is 1. The first-order valence-electron chi connectivity index (χ1n) is 11.1. The van der Waals surface area contributed by atoms with Crippen LogP contribution in [0.4, 0.5) is 11.6 Å². The van der Waals surface area contributed by atoms with Crippen LogP contribution >= 0.6 is 0 Å². The number of aryl methyl sites for hydroxylation is 1. The molecule has 1 N–H and O–H groups in total. The fourth-order valence-electron chi connectivity index (χ4n) is 3.25. The molecule has 35 heavy (non-hydrogen) atoms. The van der Waals surface area contributed by atoms with E-state index in [4.69, 9.17) is 4.74 Å². The van der Waals surface area contributed by atoms with Crippen LogP contribution in [0.25, 0.3) is 22.0 Å². The zero-order valence-corrected chi connectivity index (χ0v) is 21.4. The van der Waals surface area contributed by atoms with Crippen molar-refractivity contribution in [3.05, 3.63) is 60.6 Å². The monoisotopic (exact) mass is 485 g/mol. The van der Waals surface area contributed by atoms with Crippen molar-refractivity contribution in [1.82, 2.24) is 19.7 Å². The van der Waals surface area contributed by atoms with Crippen LogP contribution in [0.3, 0.4) is 0 Å². The van der Waals surface area contributed by atoms with E-state index in [-0.39, 0.29) is 6.61 Å².